The Kier molecular flexibility index (Phi) is 20.3. The normalized spacial score (nSPS) is 18.2. The molecular weight excluding hydrogens is 857 g/mol. The van der Waals surface area contributed by atoms with Gasteiger partial charge < -0.3 is 31.1 Å². The Hall–Kier alpha value is -5.87. The lowest BCUT2D eigenvalue weighted by Crippen LogP contribution is -2.51. The van der Waals surface area contributed by atoms with Crippen molar-refractivity contribution in [2.45, 2.75) is 137 Å². The molecule has 2 fully saturated rings. The summed E-state index contributed by atoms with van der Waals surface area (Å²) in [5.74, 6) is -7.11. The Labute approximate surface area is 395 Å². The molecule has 0 bridgehead atoms. The minimum absolute atomic E-state index is 0.0565. The largest absolute Gasteiger partial charge is 0.351 e. The number of benzene rings is 1. The summed E-state index contributed by atoms with van der Waals surface area (Å²) >= 11 is 0. The van der Waals surface area contributed by atoms with Crippen molar-refractivity contribution in [1.82, 2.24) is 35.7 Å². The fourth-order valence-corrected chi connectivity index (χ4v) is 9.05. The van der Waals surface area contributed by atoms with Gasteiger partial charge in [-0.1, -0.05) is 85.4 Å². The number of carbonyl (C=O) groups excluding carboxylic acids is 9. The van der Waals surface area contributed by atoms with Crippen molar-refractivity contribution >= 4 is 58.5 Å². The van der Waals surface area contributed by atoms with E-state index in [0.717, 1.165) is 32.1 Å². The number of aromatic nitrogens is 2. The Bertz CT molecular complexity index is 2050. The Balaban J connectivity index is 1.53. The number of likely N-dealkylation sites (tertiary alicyclic amines) is 1. The maximum absolute atomic E-state index is 14.5. The van der Waals surface area contributed by atoms with Gasteiger partial charge in [0.05, 0.1) is 24.2 Å². The number of para-hydroxylation sites is 1. The van der Waals surface area contributed by atoms with E-state index in [-0.39, 0.29) is 68.0 Å². The predicted molar refractivity (Wildman–Crippen MR) is 252 cm³/mol. The summed E-state index contributed by atoms with van der Waals surface area (Å²) in [6.45, 7) is 11.0. The molecule has 4 N–H and O–H groups in total. The molecule has 1 saturated heterocycles. The van der Waals surface area contributed by atoms with Gasteiger partial charge in [-0.3, -0.25) is 43.3 Å². The number of anilines is 1. The molecule has 1 aromatic carbocycles. The van der Waals surface area contributed by atoms with Crippen molar-refractivity contribution in [2.75, 3.05) is 32.5 Å². The Morgan fingerprint density at radius 3 is 2.15 bits per heavy atom. The monoisotopic (exact) mass is 929 g/mol. The third-order valence-corrected chi connectivity index (χ3v) is 12.8. The van der Waals surface area contributed by atoms with Crippen LogP contribution in [0.25, 0.3) is 0 Å². The predicted octanol–water partition coefficient (Wildman–Crippen LogP) is 5.34. The van der Waals surface area contributed by atoms with Crippen LogP contribution in [0, 0.1) is 35.0 Å². The van der Waals surface area contributed by atoms with E-state index in [1.54, 1.807) is 44.4 Å². The van der Waals surface area contributed by atoms with Crippen molar-refractivity contribution in [3.05, 3.63) is 54.6 Å². The number of carbonyl (C=O) groups is 9. The van der Waals surface area contributed by atoms with E-state index in [1.165, 1.54) is 28.4 Å². The number of likely N-dealkylation sites (N-methyl/N-ethyl adjacent to an activating group) is 1. The van der Waals surface area contributed by atoms with Gasteiger partial charge in [-0.25, -0.2) is 9.78 Å². The molecule has 2 aromatic rings. The summed E-state index contributed by atoms with van der Waals surface area (Å²) in [5, 5.41) is 11.5. The minimum atomic E-state index is -1.01. The Morgan fingerprint density at radius 2 is 1.55 bits per heavy atom. The van der Waals surface area contributed by atoms with Crippen molar-refractivity contribution in [3.8, 4) is 0 Å². The maximum Gasteiger partial charge on any atom is 0.321 e. The van der Waals surface area contributed by atoms with Crippen LogP contribution in [-0.4, -0.2) is 118 Å². The summed E-state index contributed by atoms with van der Waals surface area (Å²) in [6.07, 6.45) is 8.27. The third-order valence-electron chi connectivity index (χ3n) is 12.8. The number of Topliss-reactive ketones (excluding diaryl/α,β-unsaturated/α-hetero) is 4. The van der Waals surface area contributed by atoms with Crippen molar-refractivity contribution in [3.63, 3.8) is 0 Å². The minimum Gasteiger partial charge on any atom is -0.351 e. The van der Waals surface area contributed by atoms with E-state index in [4.69, 9.17) is 0 Å². The van der Waals surface area contributed by atoms with Crippen LogP contribution in [0.3, 0.4) is 0 Å². The summed E-state index contributed by atoms with van der Waals surface area (Å²) in [5.41, 5.74) is -0.172. The highest BCUT2D eigenvalue weighted by Gasteiger charge is 2.45. The highest BCUT2D eigenvalue weighted by Crippen LogP contribution is 2.34. The number of urea groups is 1. The standard InChI is InChI=1S/C50H72N8O9/c1-9-16-33(45(63)40(59)21-22-43(62)54-37(25-31(2)3)48(66)57(7)8)26-41(60)35-29-58(49(67)53-34-19-14-11-15-20-34)30-39(35)55-46(64)36(50(4,5)6)27-42(61)44(32-17-12-10-13-18-32)56-47(65)38-28-51-23-24-52-38/h11,14-15,19-20,23-24,28,31-33,35-37,39,44H,9-10,12-13,16-18,21-22,25-27,29-30H2,1-8H3,(H,53,67)(H,54,62)(H,55,64)(H,56,65)/t33-,35-,36-,37+,39?,44+/m1/s1. The van der Waals surface area contributed by atoms with Crippen LogP contribution in [0.2, 0.25) is 0 Å². The number of hydrogen-bond acceptors (Lipinski definition) is 11. The fraction of sp³-hybridized carbons (Fsp3) is 0.620. The first-order valence-electron chi connectivity index (χ1n) is 23.8. The molecule has 2 aliphatic rings. The highest BCUT2D eigenvalue weighted by molar-refractivity contribution is 6.38. The maximum atomic E-state index is 14.5. The molecule has 2 heterocycles. The number of nitrogens with zero attached hydrogens (tertiary/aromatic N) is 4. The highest BCUT2D eigenvalue weighted by atomic mass is 16.2. The van der Waals surface area contributed by atoms with Gasteiger partial charge in [0, 0.05) is 82.8 Å². The summed E-state index contributed by atoms with van der Waals surface area (Å²) in [4.78, 5) is 134. The van der Waals surface area contributed by atoms with Gasteiger partial charge in [0.25, 0.3) is 5.91 Å². The molecular formula is C50H72N8O9. The molecule has 366 valence electrons. The van der Waals surface area contributed by atoms with Crippen LogP contribution in [0.4, 0.5) is 10.5 Å². The molecule has 0 spiro atoms. The second kappa shape index (κ2) is 25.3. The van der Waals surface area contributed by atoms with Crippen LogP contribution in [0.1, 0.15) is 129 Å². The first-order valence-corrected chi connectivity index (χ1v) is 23.8. The zero-order valence-electron chi connectivity index (χ0n) is 40.6. The van der Waals surface area contributed by atoms with E-state index in [2.05, 4.69) is 31.2 Å². The second-order valence-corrected chi connectivity index (χ2v) is 19.9. The van der Waals surface area contributed by atoms with Gasteiger partial charge >= 0.3 is 6.03 Å². The van der Waals surface area contributed by atoms with E-state index >= 15 is 0 Å². The molecule has 4 rings (SSSR count). The summed E-state index contributed by atoms with van der Waals surface area (Å²) in [6, 6.07) is 5.68. The lowest BCUT2D eigenvalue weighted by Gasteiger charge is -2.34. The summed E-state index contributed by atoms with van der Waals surface area (Å²) < 4.78 is 0. The molecule has 17 nitrogen and oxygen atoms in total. The summed E-state index contributed by atoms with van der Waals surface area (Å²) in [7, 11) is 3.18. The molecule has 1 aliphatic carbocycles. The first kappa shape index (κ1) is 53.7. The van der Waals surface area contributed by atoms with Crippen molar-refractivity contribution in [2.24, 2.45) is 35.0 Å². The smallest absolute Gasteiger partial charge is 0.321 e. The third kappa shape index (κ3) is 16.2. The molecule has 17 heteroatoms. The van der Waals surface area contributed by atoms with Crippen LogP contribution in [-0.2, 0) is 33.6 Å². The Morgan fingerprint density at radius 1 is 0.866 bits per heavy atom. The molecule has 6 atom stereocenters. The molecule has 1 saturated carbocycles. The van der Waals surface area contributed by atoms with E-state index < -0.39 is 88.8 Å². The first-order chi connectivity index (χ1) is 31.7. The fourth-order valence-electron chi connectivity index (χ4n) is 9.05. The average Bonchev–Trinajstić information content (AvgIpc) is 3.72. The van der Waals surface area contributed by atoms with Gasteiger partial charge in [-0.05, 0) is 55.1 Å². The second-order valence-electron chi connectivity index (χ2n) is 19.9. The van der Waals surface area contributed by atoms with Crippen LogP contribution in [0.5, 0.6) is 0 Å². The number of rotatable bonds is 23. The number of ketones is 4. The average molecular weight is 929 g/mol. The van der Waals surface area contributed by atoms with Crippen molar-refractivity contribution in [1.29, 1.82) is 0 Å². The topological polar surface area (TPSA) is 234 Å². The van der Waals surface area contributed by atoms with E-state index in [1.807, 2.05) is 41.5 Å². The lowest BCUT2D eigenvalue weighted by atomic mass is 9.74. The SMILES string of the molecule is CCC[C@H](CC(=O)[C@@H]1CN(C(=O)Nc2ccccc2)CC1NC(=O)[C@@H](CC(=O)[C@@H](NC(=O)c1cnccn1)C1CCCCC1)C(C)(C)C)C(=O)C(=O)CCC(=O)N[C@@H](CC(C)C)C(=O)N(C)C. The van der Waals surface area contributed by atoms with Gasteiger partial charge in [-0.15, -0.1) is 0 Å². The van der Waals surface area contributed by atoms with Gasteiger partial charge in [0.15, 0.2) is 11.6 Å². The van der Waals surface area contributed by atoms with Crippen LogP contribution >= 0.6 is 0 Å². The molecule has 1 unspecified atom stereocenters. The zero-order chi connectivity index (χ0) is 49.4. The van der Waals surface area contributed by atoms with E-state index in [9.17, 15) is 43.2 Å². The molecule has 67 heavy (non-hydrogen) atoms. The van der Waals surface area contributed by atoms with Gasteiger partial charge in [0.1, 0.15) is 17.5 Å². The molecule has 1 aromatic heterocycles. The van der Waals surface area contributed by atoms with Crippen LogP contribution in [0.15, 0.2) is 48.9 Å². The van der Waals surface area contributed by atoms with E-state index in [0.29, 0.717) is 18.5 Å². The number of nitrogens with one attached hydrogen (secondary N) is 4. The van der Waals surface area contributed by atoms with Crippen LogP contribution < -0.4 is 21.3 Å². The molecule has 1 aliphatic heterocycles. The quantitative estimate of drug-likeness (QED) is 0.104. The number of hydrogen-bond donors (Lipinski definition) is 4. The lowest BCUT2D eigenvalue weighted by molar-refractivity contribution is -0.141. The molecule has 6 amide bonds. The number of amides is 6. The zero-order valence-corrected chi connectivity index (χ0v) is 40.6. The van der Waals surface area contributed by atoms with Gasteiger partial charge in [-0.2, -0.15) is 0 Å². The van der Waals surface area contributed by atoms with Crippen molar-refractivity contribution < 1.29 is 43.2 Å². The van der Waals surface area contributed by atoms with Gasteiger partial charge in [0.2, 0.25) is 23.5 Å². The molecule has 0 radical (unpaired) electrons.